The second kappa shape index (κ2) is 3.96. The number of pyridine rings is 1. The van der Waals surface area contributed by atoms with E-state index in [1.807, 2.05) is 0 Å². The Bertz CT molecular complexity index is 371. The fourth-order valence-corrected chi connectivity index (χ4v) is 1.85. The van der Waals surface area contributed by atoms with Gasteiger partial charge in [-0.25, -0.2) is 13.8 Å². The molecule has 0 amide bonds. The highest BCUT2D eigenvalue weighted by Crippen LogP contribution is 2.26. The van der Waals surface area contributed by atoms with Crippen molar-refractivity contribution in [2.75, 3.05) is 0 Å². The summed E-state index contributed by atoms with van der Waals surface area (Å²) in [6.45, 7) is 1.66. The number of halogens is 3. The zero-order valence-electron chi connectivity index (χ0n) is 6.68. The Hall–Kier alpha value is -0.770. The monoisotopic (exact) mass is 294 g/mol. The topological polar surface area (TPSA) is 36.7 Å². The molecule has 1 aromatic rings. The van der Waals surface area contributed by atoms with Gasteiger partial charge in [0.25, 0.3) is 6.43 Å². The lowest BCUT2D eigenvalue weighted by atomic mass is 10.1. The van der Waals surface area contributed by atoms with Crippen LogP contribution in [0.3, 0.4) is 0 Å². The molecule has 0 saturated carbocycles. The van der Waals surface area contributed by atoms with Gasteiger partial charge in [0.1, 0.15) is 3.70 Å². The quantitative estimate of drug-likeness (QED) is 0.590. The fourth-order valence-electron chi connectivity index (χ4n) is 0.945. The van der Waals surface area contributed by atoms with Crippen LogP contribution in [0.2, 0.25) is 0 Å². The van der Waals surface area contributed by atoms with Gasteiger partial charge in [0, 0.05) is 5.69 Å². The van der Waals surface area contributed by atoms with Crippen LogP contribution >= 0.6 is 22.6 Å². The molecular formula is C8H5F2IN2. The van der Waals surface area contributed by atoms with Gasteiger partial charge in [-0.2, -0.15) is 5.26 Å². The Labute approximate surface area is 87.7 Å². The molecule has 0 unspecified atom stereocenters. The number of alkyl halides is 2. The first kappa shape index (κ1) is 10.3. The van der Waals surface area contributed by atoms with Crippen LogP contribution in [0.25, 0.3) is 0 Å². The van der Waals surface area contributed by atoms with Gasteiger partial charge < -0.3 is 0 Å². The van der Waals surface area contributed by atoms with Crippen molar-refractivity contribution in [3.05, 3.63) is 26.6 Å². The molecule has 0 aliphatic heterocycles. The molecule has 68 valence electrons. The smallest absolute Gasteiger partial charge is 0.247 e. The van der Waals surface area contributed by atoms with Gasteiger partial charge >= 0.3 is 0 Å². The Morgan fingerprint density at radius 1 is 1.62 bits per heavy atom. The highest BCUT2D eigenvalue weighted by atomic mass is 127. The minimum absolute atomic E-state index is 0.00639. The maximum absolute atomic E-state index is 12.4. The molecule has 2 nitrogen and oxygen atoms in total. The number of aryl methyl sites for hydroxylation is 1. The van der Waals surface area contributed by atoms with Gasteiger partial charge in [0.2, 0.25) is 0 Å². The second-order valence-electron chi connectivity index (χ2n) is 2.43. The third kappa shape index (κ3) is 2.12. The van der Waals surface area contributed by atoms with Gasteiger partial charge in [-0.3, -0.25) is 0 Å². The summed E-state index contributed by atoms with van der Waals surface area (Å²) < 4.78 is 25.0. The molecule has 13 heavy (non-hydrogen) atoms. The molecule has 1 rings (SSSR count). The number of aromatic nitrogens is 1. The minimum Gasteiger partial charge on any atom is -0.247 e. The maximum Gasteiger partial charge on any atom is 0.267 e. The summed E-state index contributed by atoms with van der Waals surface area (Å²) in [5.74, 6) is 0. The van der Waals surface area contributed by atoms with E-state index in [-0.39, 0.29) is 14.8 Å². The van der Waals surface area contributed by atoms with Gasteiger partial charge in [0.15, 0.2) is 0 Å². The van der Waals surface area contributed by atoms with E-state index in [4.69, 9.17) is 5.26 Å². The first-order chi connectivity index (χ1) is 6.06. The first-order valence-electron chi connectivity index (χ1n) is 3.41. The van der Waals surface area contributed by atoms with E-state index in [0.717, 1.165) is 0 Å². The van der Waals surface area contributed by atoms with Gasteiger partial charge in [0.05, 0.1) is 17.2 Å². The Kier molecular flexibility index (Phi) is 3.14. The third-order valence-electron chi connectivity index (χ3n) is 1.48. The Balaban J connectivity index is 3.41. The van der Waals surface area contributed by atoms with E-state index < -0.39 is 6.43 Å². The van der Waals surface area contributed by atoms with Crippen molar-refractivity contribution in [3.8, 4) is 6.07 Å². The summed E-state index contributed by atoms with van der Waals surface area (Å²) in [7, 11) is 0. The van der Waals surface area contributed by atoms with Crippen LogP contribution in [-0.2, 0) is 0 Å². The van der Waals surface area contributed by atoms with Crippen LogP contribution in [-0.4, -0.2) is 4.98 Å². The molecule has 0 spiro atoms. The van der Waals surface area contributed by atoms with Crippen molar-refractivity contribution in [2.45, 2.75) is 13.3 Å². The Morgan fingerprint density at radius 3 is 2.69 bits per heavy atom. The predicted molar refractivity (Wildman–Crippen MR) is 51.4 cm³/mol. The predicted octanol–water partition coefficient (Wildman–Crippen LogP) is 2.80. The summed E-state index contributed by atoms with van der Waals surface area (Å²) >= 11 is 1.71. The van der Waals surface area contributed by atoms with Crippen LogP contribution in [0.15, 0.2) is 6.07 Å². The molecule has 0 radical (unpaired) electrons. The molecule has 0 N–H and O–H groups in total. The van der Waals surface area contributed by atoms with Gasteiger partial charge in [-0.1, -0.05) is 0 Å². The third-order valence-corrected chi connectivity index (χ3v) is 2.30. The maximum atomic E-state index is 12.4. The number of hydrogen-bond donors (Lipinski definition) is 0. The summed E-state index contributed by atoms with van der Waals surface area (Å²) in [6.07, 6.45) is -2.64. The van der Waals surface area contributed by atoms with Crippen molar-refractivity contribution in [1.29, 1.82) is 5.26 Å². The van der Waals surface area contributed by atoms with Crippen LogP contribution in [0.1, 0.15) is 23.2 Å². The average Bonchev–Trinajstić information content (AvgIpc) is 2.01. The van der Waals surface area contributed by atoms with Crippen molar-refractivity contribution in [2.24, 2.45) is 0 Å². The molecule has 0 aliphatic rings. The molecule has 0 atom stereocenters. The van der Waals surface area contributed by atoms with Crippen LogP contribution < -0.4 is 0 Å². The van der Waals surface area contributed by atoms with Crippen LogP contribution in [0, 0.1) is 22.0 Å². The van der Waals surface area contributed by atoms with Crippen molar-refractivity contribution >= 4 is 22.6 Å². The van der Waals surface area contributed by atoms with Crippen molar-refractivity contribution in [1.82, 2.24) is 4.98 Å². The lowest BCUT2D eigenvalue weighted by Crippen LogP contribution is -1.99. The fraction of sp³-hybridized carbons (Fsp3) is 0.250. The lowest BCUT2D eigenvalue weighted by molar-refractivity contribution is 0.149. The van der Waals surface area contributed by atoms with Crippen LogP contribution in [0.4, 0.5) is 8.78 Å². The minimum atomic E-state index is -2.64. The molecule has 0 bridgehead atoms. The number of nitriles is 1. The van der Waals surface area contributed by atoms with E-state index in [1.165, 1.54) is 6.07 Å². The zero-order valence-corrected chi connectivity index (χ0v) is 8.84. The average molecular weight is 294 g/mol. The normalized spacial score (nSPS) is 10.2. The van der Waals surface area contributed by atoms with Crippen LogP contribution in [0.5, 0.6) is 0 Å². The van der Waals surface area contributed by atoms with E-state index in [1.54, 1.807) is 35.6 Å². The van der Waals surface area contributed by atoms with E-state index in [9.17, 15) is 8.78 Å². The highest BCUT2D eigenvalue weighted by molar-refractivity contribution is 14.1. The Morgan fingerprint density at radius 2 is 2.23 bits per heavy atom. The zero-order chi connectivity index (χ0) is 10.0. The van der Waals surface area contributed by atoms with Gasteiger partial charge in [-0.05, 0) is 35.6 Å². The number of nitrogens with zero attached hydrogens (tertiary/aromatic N) is 2. The molecule has 5 heteroatoms. The summed E-state index contributed by atoms with van der Waals surface area (Å²) in [4.78, 5) is 3.86. The molecule has 0 aliphatic carbocycles. The van der Waals surface area contributed by atoms with Gasteiger partial charge in [-0.15, -0.1) is 0 Å². The molecule has 0 saturated heterocycles. The van der Waals surface area contributed by atoms with E-state index in [0.29, 0.717) is 5.69 Å². The number of rotatable bonds is 1. The molecule has 0 aromatic carbocycles. The summed E-state index contributed by atoms with van der Waals surface area (Å²) in [5.41, 5.74) is 0.311. The SMILES string of the molecule is Cc1cc(C#N)c(C(F)F)c(I)n1. The molecular weight excluding hydrogens is 289 g/mol. The standard InChI is InChI=1S/C8H5F2IN2/c1-4-2-5(3-12)6(7(9)10)8(11)13-4/h2,7H,1H3. The number of hydrogen-bond acceptors (Lipinski definition) is 2. The second-order valence-corrected chi connectivity index (χ2v) is 3.45. The first-order valence-corrected chi connectivity index (χ1v) is 4.49. The molecule has 0 fully saturated rings. The summed E-state index contributed by atoms with van der Waals surface area (Å²) in [6, 6.07) is 3.10. The largest absolute Gasteiger partial charge is 0.267 e. The van der Waals surface area contributed by atoms with Crippen molar-refractivity contribution in [3.63, 3.8) is 0 Å². The lowest BCUT2D eigenvalue weighted by Gasteiger charge is -2.05. The highest BCUT2D eigenvalue weighted by Gasteiger charge is 2.18. The summed E-state index contributed by atoms with van der Waals surface area (Å²) in [5, 5.41) is 8.60. The molecule has 1 aromatic heterocycles. The van der Waals surface area contributed by atoms with Crippen molar-refractivity contribution < 1.29 is 8.78 Å². The van der Waals surface area contributed by atoms with E-state index in [2.05, 4.69) is 4.98 Å². The van der Waals surface area contributed by atoms with E-state index >= 15 is 0 Å². The molecule has 1 heterocycles.